The van der Waals surface area contributed by atoms with Gasteiger partial charge in [-0.2, -0.15) is 0 Å². The molecule has 0 unspecified atom stereocenters. The van der Waals surface area contributed by atoms with E-state index in [1.165, 1.54) is 37.8 Å². The molecule has 109 heavy (non-hydrogen) atoms. The van der Waals surface area contributed by atoms with Gasteiger partial charge in [-0.15, -0.1) is 0 Å². The van der Waals surface area contributed by atoms with Gasteiger partial charge in [0.1, 0.15) is 0 Å². The van der Waals surface area contributed by atoms with Crippen LogP contribution in [0.3, 0.4) is 0 Å². The van der Waals surface area contributed by atoms with Gasteiger partial charge in [0.2, 0.25) is 0 Å². The van der Waals surface area contributed by atoms with Gasteiger partial charge in [0.15, 0.2) is 11.6 Å². The van der Waals surface area contributed by atoms with Crippen LogP contribution in [-0.2, 0) is 0 Å². The number of nitrogens with zero attached hydrogens (tertiary/aromatic N) is 9. The summed E-state index contributed by atoms with van der Waals surface area (Å²) in [5.41, 5.74) is 24.2. The zero-order chi connectivity index (χ0) is 72.3. The Kier molecular flexibility index (Phi) is 16.1. The van der Waals surface area contributed by atoms with E-state index >= 15 is 0 Å². The third-order valence-electron chi connectivity index (χ3n) is 20.7. The third-order valence-corrected chi connectivity index (χ3v) is 21.1. The van der Waals surface area contributed by atoms with Crippen molar-refractivity contribution in [3.05, 3.63) is 381 Å². The average Bonchev–Trinajstić information content (AvgIpc) is 1.56. The van der Waals surface area contributed by atoms with Crippen molar-refractivity contribution in [3.63, 3.8) is 0 Å². The standard InChI is InChI=1S/C49H31N5.C27H17N3.C22H15BrN2/c1-4-15-32(16-5-1)42-30-43(33-17-6-2-7-18-33)52-49(51-42)34-19-14-22-36(29-34)54-45-26-13-11-24-38(45)41-31-50-46-40(47(41)54)28-27-39-37-23-10-12-25-44(37)53(48(39)46)35-20-8-3-9-21-35;1-2-8-17(9-3-1)30-24-13-7-5-11-19(24)20-14-15-21-25-22(16-28-26(21)27(20)30)18-10-4-6-12-23(18)29-25;23-19-13-7-12-18(14-19)22-24-20(16-8-3-1-4-9-16)15-21(25-22)17-10-5-2-6-11-17/h1-31H;1-16,29H;1-15H. The van der Waals surface area contributed by atoms with Crippen molar-refractivity contribution >= 4 is 125 Å². The molecule has 0 fully saturated rings. The van der Waals surface area contributed by atoms with Gasteiger partial charge in [-0.3, -0.25) is 9.97 Å². The highest BCUT2D eigenvalue weighted by molar-refractivity contribution is 9.10. The molecule has 10 nitrogen and oxygen atoms in total. The second kappa shape index (κ2) is 27.3. The lowest BCUT2D eigenvalue weighted by molar-refractivity contribution is 1.16. The van der Waals surface area contributed by atoms with E-state index in [1.54, 1.807) is 0 Å². The monoisotopic (exact) mass is 1460 g/mol. The minimum absolute atomic E-state index is 0.679. The largest absolute Gasteiger partial charge is 0.354 e. The van der Waals surface area contributed by atoms with Crippen molar-refractivity contribution in [2.45, 2.75) is 0 Å². The normalized spacial score (nSPS) is 11.5. The lowest BCUT2D eigenvalue weighted by Gasteiger charge is -2.13. The van der Waals surface area contributed by atoms with Crippen molar-refractivity contribution in [2.24, 2.45) is 0 Å². The number of fused-ring (bicyclic) bond motifs is 18. The number of aromatic nitrogens is 10. The van der Waals surface area contributed by atoms with Gasteiger partial charge >= 0.3 is 0 Å². The number of hydrogen-bond donors (Lipinski definition) is 1. The lowest BCUT2D eigenvalue weighted by Crippen LogP contribution is -1.99. The zero-order valence-corrected chi connectivity index (χ0v) is 60.3. The predicted molar refractivity (Wildman–Crippen MR) is 454 cm³/mol. The maximum Gasteiger partial charge on any atom is 0.160 e. The van der Waals surface area contributed by atoms with Gasteiger partial charge in [0.25, 0.3) is 0 Å². The van der Waals surface area contributed by atoms with Gasteiger partial charge < -0.3 is 18.7 Å². The summed E-state index contributed by atoms with van der Waals surface area (Å²) in [7, 11) is 0. The van der Waals surface area contributed by atoms with Crippen molar-refractivity contribution in [3.8, 4) is 84.9 Å². The van der Waals surface area contributed by atoms with Gasteiger partial charge in [-0.1, -0.05) is 283 Å². The van der Waals surface area contributed by atoms with Gasteiger partial charge in [-0.05, 0) is 97.1 Å². The summed E-state index contributed by atoms with van der Waals surface area (Å²) in [6.07, 6.45) is 4.08. The molecule has 0 radical (unpaired) electrons. The molecule has 14 aromatic carbocycles. The molecule has 512 valence electrons. The first-order chi connectivity index (χ1) is 54.0. The Morgan fingerprint density at radius 1 is 0.239 bits per heavy atom. The molecular weight excluding hydrogens is 1400 g/mol. The Morgan fingerprint density at radius 2 is 0.587 bits per heavy atom. The number of aromatic amines is 1. The summed E-state index contributed by atoms with van der Waals surface area (Å²) in [4.78, 5) is 33.8. The summed E-state index contributed by atoms with van der Waals surface area (Å²) in [6, 6.07) is 126. The van der Waals surface area contributed by atoms with E-state index in [0.717, 1.165) is 155 Å². The molecular formula is C98H63BrN10. The summed E-state index contributed by atoms with van der Waals surface area (Å²) >= 11 is 3.53. The van der Waals surface area contributed by atoms with Gasteiger partial charge in [0.05, 0.1) is 72.4 Å². The highest BCUT2D eigenvalue weighted by Gasteiger charge is 2.23. The van der Waals surface area contributed by atoms with E-state index < -0.39 is 0 Å². The van der Waals surface area contributed by atoms with Crippen LogP contribution in [0.25, 0.3) is 194 Å². The molecule has 0 aliphatic heterocycles. The number of rotatable bonds is 9. The number of halogens is 1. The van der Waals surface area contributed by atoms with Crippen LogP contribution < -0.4 is 0 Å². The fraction of sp³-hybridized carbons (Fsp3) is 0. The zero-order valence-electron chi connectivity index (χ0n) is 58.7. The average molecular weight is 1460 g/mol. The van der Waals surface area contributed by atoms with E-state index in [2.05, 4.69) is 326 Å². The van der Waals surface area contributed by atoms with E-state index in [1.807, 2.05) is 85.1 Å². The van der Waals surface area contributed by atoms with Crippen LogP contribution in [0, 0.1) is 0 Å². The Bertz CT molecular complexity index is 7110. The predicted octanol–water partition coefficient (Wildman–Crippen LogP) is 25.4. The summed E-state index contributed by atoms with van der Waals surface area (Å²) < 4.78 is 8.11. The molecule has 0 aliphatic rings. The van der Waals surface area contributed by atoms with Crippen molar-refractivity contribution in [1.29, 1.82) is 0 Å². The first-order valence-corrected chi connectivity index (χ1v) is 37.2. The molecule has 8 heterocycles. The molecule has 0 amide bonds. The number of pyridine rings is 2. The van der Waals surface area contributed by atoms with Crippen LogP contribution in [0.4, 0.5) is 0 Å². The van der Waals surface area contributed by atoms with Gasteiger partial charge in [0, 0.05) is 127 Å². The first kappa shape index (κ1) is 64.4. The maximum absolute atomic E-state index is 5.26. The first-order valence-electron chi connectivity index (χ1n) is 36.4. The molecule has 0 bridgehead atoms. The van der Waals surface area contributed by atoms with E-state index in [0.29, 0.717) is 5.82 Å². The van der Waals surface area contributed by atoms with Crippen molar-refractivity contribution < 1.29 is 0 Å². The lowest BCUT2D eigenvalue weighted by atomic mass is 10.1. The molecule has 8 aromatic heterocycles. The molecule has 1 N–H and O–H groups in total. The smallest absolute Gasteiger partial charge is 0.160 e. The molecule has 0 saturated heterocycles. The highest BCUT2D eigenvalue weighted by Crippen LogP contribution is 2.44. The topological polar surface area (TPSA) is 108 Å². The van der Waals surface area contributed by atoms with Crippen LogP contribution in [0.2, 0.25) is 0 Å². The minimum atomic E-state index is 0.679. The van der Waals surface area contributed by atoms with E-state index in [9.17, 15) is 0 Å². The molecule has 0 atom stereocenters. The quantitative estimate of drug-likeness (QED) is 0.154. The molecule has 22 rings (SSSR count). The second-order valence-electron chi connectivity index (χ2n) is 27.1. The second-order valence-corrected chi connectivity index (χ2v) is 28.0. The fourth-order valence-corrected chi connectivity index (χ4v) is 16.1. The van der Waals surface area contributed by atoms with E-state index in [4.69, 9.17) is 29.9 Å². The highest BCUT2D eigenvalue weighted by atomic mass is 79.9. The van der Waals surface area contributed by atoms with Gasteiger partial charge in [-0.25, -0.2) is 19.9 Å². The van der Waals surface area contributed by atoms with Crippen LogP contribution in [0.1, 0.15) is 0 Å². The number of nitrogens with one attached hydrogen (secondary N) is 1. The molecule has 11 heteroatoms. The molecule has 22 aromatic rings. The summed E-state index contributed by atoms with van der Waals surface area (Å²) in [6.45, 7) is 0. The van der Waals surface area contributed by atoms with Crippen LogP contribution >= 0.6 is 15.9 Å². The number of benzene rings is 14. The number of hydrogen-bond acceptors (Lipinski definition) is 6. The van der Waals surface area contributed by atoms with Crippen LogP contribution in [0.15, 0.2) is 381 Å². The van der Waals surface area contributed by atoms with Crippen molar-refractivity contribution in [2.75, 3.05) is 0 Å². The Balaban J connectivity index is 0.000000119. The summed E-state index contributed by atoms with van der Waals surface area (Å²) in [5, 5.41) is 11.8. The SMILES string of the molecule is Brc1cccc(-c2nc(-c3ccccc3)cc(-c3ccccc3)n2)c1.c1ccc(-c2cc(-c3ccccc3)nc(-c3cccc(-n4c5ccccc5c5cnc6c(ccc7c8ccccc8n(-c8ccccc8)c76)c54)c3)n2)cc1.c1ccc(-n2c3ccccc3c3ccc4c(ncc5c6ccccc6[nH]c54)c32)cc1. The molecule has 0 saturated carbocycles. The Labute approximate surface area is 635 Å². The summed E-state index contributed by atoms with van der Waals surface area (Å²) in [5.74, 6) is 1.40. The van der Waals surface area contributed by atoms with Crippen molar-refractivity contribution in [1.82, 2.24) is 48.6 Å². The van der Waals surface area contributed by atoms with Crippen LogP contribution in [0.5, 0.6) is 0 Å². The van der Waals surface area contributed by atoms with E-state index in [-0.39, 0.29) is 0 Å². The Hall–Kier alpha value is -14.3. The maximum atomic E-state index is 5.26. The number of para-hydroxylation sites is 6. The molecule has 0 aliphatic carbocycles. The Morgan fingerprint density at radius 3 is 1.06 bits per heavy atom. The third kappa shape index (κ3) is 11.5. The van der Waals surface area contributed by atoms with Crippen LogP contribution in [-0.4, -0.2) is 48.6 Å². The minimum Gasteiger partial charge on any atom is -0.354 e. The molecule has 0 spiro atoms. The number of H-pyrrole nitrogens is 1. The fourth-order valence-electron chi connectivity index (χ4n) is 15.7.